The van der Waals surface area contributed by atoms with E-state index >= 15 is 0 Å². The maximum Gasteiger partial charge on any atom is 0.322 e. The zero-order chi connectivity index (χ0) is 20.5. The van der Waals surface area contributed by atoms with E-state index in [1.807, 2.05) is 0 Å². The van der Waals surface area contributed by atoms with Gasteiger partial charge in [-0.2, -0.15) is 0 Å². The summed E-state index contributed by atoms with van der Waals surface area (Å²) < 4.78 is 5.58. The molecule has 1 aromatic carbocycles. The van der Waals surface area contributed by atoms with Crippen LogP contribution in [0.1, 0.15) is 26.5 Å². The van der Waals surface area contributed by atoms with Gasteiger partial charge in [0, 0.05) is 24.3 Å². The zero-order valence-corrected chi connectivity index (χ0v) is 17.3. The van der Waals surface area contributed by atoms with Gasteiger partial charge in [0.2, 0.25) is 0 Å². The van der Waals surface area contributed by atoms with Crippen molar-refractivity contribution in [1.82, 2.24) is 9.55 Å². The topological polar surface area (TPSA) is 104 Å². The number of nitro benzene ring substituents is 1. The van der Waals surface area contributed by atoms with Crippen LogP contribution in [-0.4, -0.2) is 37.6 Å². The Morgan fingerprint density at radius 2 is 2.07 bits per heavy atom. The number of thioether (sulfide) groups is 2. The largest absolute Gasteiger partial charge is 0.465 e. The Balaban J connectivity index is 2.11. The normalized spacial score (nSPS) is 13.2. The molecular weight excluding hydrogens is 402 g/mol. The summed E-state index contributed by atoms with van der Waals surface area (Å²) in [5.41, 5.74) is 0.876. The molecule has 0 atom stereocenters. The van der Waals surface area contributed by atoms with Crippen LogP contribution in [-0.2, 0) is 16.0 Å². The van der Waals surface area contributed by atoms with Gasteiger partial charge in [-0.15, -0.1) is 11.8 Å². The van der Waals surface area contributed by atoms with Gasteiger partial charge in [-0.25, -0.2) is 4.98 Å². The molecule has 1 aliphatic rings. The highest BCUT2D eigenvalue weighted by atomic mass is 32.2. The van der Waals surface area contributed by atoms with E-state index < -0.39 is 15.6 Å². The molecule has 10 heteroatoms. The van der Waals surface area contributed by atoms with Crippen LogP contribution < -0.4 is 5.56 Å². The quantitative estimate of drug-likeness (QED) is 0.230. The van der Waals surface area contributed by atoms with Crippen LogP contribution in [0.2, 0.25) is 0 Å². The first-order valence-corrected chi connectivity index (χ1v) is 10.4. The average Bonchev–Trinajstić information content (AvgIpc) is 3.11. The first kappa shape index (κ1) is 20.4. The van der Waals surface area contributed by atoms with Crippen LogP contribution >= 0.6 is 23.5 Å². The number of ether oxygens (including phenoxy) is 1. The third-order valence-corrected chi connectivity index (χ3v) is 6.34. The van der Waals surface area contributed by atoms with Crippen LogP contribution in [0.25, 0.3) is 5.69 Å². The third-order valence-electron chi connectivity index (χ3n) is 4.10. The maximum absolute atomic E-state index is 13.1. The van der Waals surface area contributed by atoms with Crippen molar-refractivity contribution in [1.29, 1.82) is 0 Å². The minimum absolute atomic E-state index is 0.0682. The van der Waals surface area contributed by atoms with Crippen molar-refractivity contribution in [3.05, 3.63) is 50.4 Å². The number of hydrogen-bond acceptors (Lipinski definition) is 8. The molecule has 8 nitrogen and oxygen atoms in total. The van der Waals surface area contributed by atoms with E-state index in [-0.39, 0.29) is 17.9 Å². The van der Waals surface area contributed by atoms with Gasteiger partial charge in [-0.05, 0) is 32.9 Å². The van der Waals surface area contributed by atoms with Crippen LogP contribution in [0, 0.1) is 10.1 Å². The van der Waals surface area contributed by atoms with Crippen LogP contribution in [0.15, 0.2) is 39.1 Å². The number of nitro groups is 1. The minimum Gasteiger partial charge on any atom is -0.465 e. The SMILES string of the molecule is CCOC(=O)C(C)(C)Sc1nc2c(c(=O)n1-c1ccc([N+](=O)[O-])cc1)SCC2. The third kappa shape index (κ3) is 3.93. The van der Waals surface area contributed by atoms with Crippen molar-refractivity contribution in [2.75, 3.05) is 12.4 Å². The summed E-state index contributed by atoms with van der Waals surface area (Å²) in [4.78, 5) is 41.1. The molecule has 0 aliphatic carbocycles. The number of carbonyl (C=O) groups excluding carboxylic acids is 1. The second-order valence-corrected chi connectivity index (χ2v) is 9.21. The molecule has 0 amide bonds. The Kier molecular flexibility index (Phi) is 5.80. The molecule has 0 bridgehead atoms. The smallest absolute Gasteiger partial charge is 0.322 e. The van der Waals surface area contributed by atoms with Gasteiger partial charge in [-0.3, -0.25) is 24.3 Å². The highest BCUT2D eigenvalue weighted by Gasteiger charge is 2.34. The fourth-order valence-electron chi connectivity index (χ4n) is 2.69. The molecule has 0 spiro atoms. The monoisotopic (exact) mass is 421 g/mol. The van der Waals surface area contributed by atoms with Crippen LogP contribution in [0.4, 0.5) is 5.69 Å². The molecule has 0 unspecified atom stereocenters. The maximum atomic E-state index is 13.1. The van der Waals surface area contributed by atoms with Crippen molar-refractivity contribution in [3.8, 4) is 5.69 Å². The molecule has 148 valence electrons. The Morgan fingerprint density at radius 1 is 1.39 bits per heavy atom. The number of esters is 1. The number of non-ortho nitro benzene ring substituents is 1. The summed E-state index contributed by atoms with van der Waals surface area (Å²) in [5, 5.41) is 11.3. The van der Waals surface area contributed by atoms with E-state index in [1.165, 1.54) is 40.6 Å². The number of benzene rings is 1. The van der Waals surface area contributed by atoms with E-state index in [0.29, 0.717) is 22.2 Å². The number of fused-ring (bicyclic) bond motifs is 1. The second-order valence-electron chi connectivity index (χ2n) is 6.52. The standard InChI is InChI=1S/C18H19N3O5S2/c1-4-26-16(23)18(2,3)28-17-19-13-9-10-27-14(13)15(22)20(17)11-5-7-12(8-6-11)21(24)25/h5-8H,4,9-10H2,1-3H3. The van der Waals surface area contributed by atoms with Crippen molar-refractivity contribution in [2.45, 2.75) is 42.0 Å². The Morgan fingerprint density at radius 3 is 2.68 bits per heavy atom. The molecule has 2 heterocycles. The predicted molar refractivity (Wildman–Crippen MR) is 107 cm³/mol. The van der Waals surface area contributed by atoms with E-state index in [1.54, 1.807) is 20.8 Å². The van der Waals surface area contributed by atoms with Gasteiger partial charge >= 0.3 is 5.97 Å². The lowest BCUT2D eigenvalue weighted by Crippen LogP contribution is -2.32. The van der Waals surface area contributed by atoms with Crippen molar-refractivity contribution in [2.24, 2.45) is 0 Å². The fourth-order valence-corrected chi connectivity index (χ4v) is 4.75. The van der Waals surface area contributed by atoms with E-state index in [4.69, 9.17) is 4.74 Å². The van der Waals surface area contributed by atoms with Crippen molar-refractivity contribution >= 4 is 35.2 Å². The van der Waals surface area contributed by atoms with Gasteiger partial charge < -0.3 is 4.74 Å². The Labute approximate surface area is 169 Å². The molecule has 2 aromatic rings. The molecule has 3 rings (SSSR count). The first-order valence-electron chi connectivity index (χ1n) is 8.64. The zero-order valence-electron chi connectivity index (χ0n) is 15.6. The van der Waals surface area contributed by atoms with E-state index in [9.17, 15) is 19.7 Å². The van der Waals surface area contributed by atoms with Crippen molar-refractivity contribution in [3.63, 3.8) is 0 Å². The number of carbonyl (C=O) groups is 1. The highest BCUT2D eigenvalue weighted by Crippen LogP contribution is 2.36. The molecule has 0 N–H and O–H groups in total. The molecular formula is C18H19N3O5S2. The van der Waals surface area contributed by atoms with Crippen LogP contribution in [0.3, 0.4) is 0 Å². The van der Waals surface area contributed by atoms with Gasteiger partial charge in [0.15, 0.2) is 5.16 Å². The number of aryl methyl sites for hydroxylation is 1. The summed E-state index contributed by atoms with van der Waals surface area (Å²) >= 11 is 2.59. The number of rotatable bonds is 6. The van der Waals surface area contributed by atoms with Gasteiger partial charge in [0.25, 0.3) is 11.2 Å². The molecule has 0 saturated heterocycles. The molecule has 0 saturated carbocycles. The summed E-state index contributed by atoms with van der Waals surface area (Å²) in [6.07, 6.45) is 0.684. The molecule has 0 fully saturated rings. The average molecular weight is 422 g/mol. The van der Waals surface area contributed by atoms with Gasteiger partial charge in [0.05, 0.1) is 27.8 Å². The fraction of sp³-hybridized carbons (Fsp3) is 0.389. The van der Waals surface area contributed by atoms with E-state index in [0.717, 1.165) is 23.2 Å². The molecule has 0 radical (unpaired) electrons. The number of hydrogen-bond donors (Lipinski definition) is 0. The van der Waals surface area contributed by atoms with Gasteiger partial charge in [-0.1, -0.05) is 11.8 Å². The minimum atomic E-state index is -0.960. The summed E-state index contributed by atoms with van der Waals surface area (Å²) in [5.74, 6) is 0.368. The molecule has 28 heavy (non-hydrogen) atoms. The summed E-state index contributed by atoms with van der Waals surface area (Å²) in [6, 6.07) is 5.70. The predicted octanol–water partition coefficient (Wildman–Crippen LogP) is 3.22. The Bertz CT molecular complexity index is 986. The number of aromatic nitrogens is 2. The van der Waals surface area contributed by atoms with E-state index in [2.05, 4.69) is 4.98 Å². The number of nitrogens with zero attached hydrogens (tertiary/aromatic N) is 3. The highest BCUT2D eigenvalue weighted by molar-refractivity contribution is 8.01. The first-order chi connectivity index (χ1) is 13.2. The van der Waals surface area contributed by atoms with Crippen molar-refractivity contribution < 1.29 is 14.5 Å². The van der Waals surface area contributed by atoms with Crippen LogP contribution in [0.5, 0.6) is 0 Å². The lowest BCUT2D eigenvalue weighted by atomic mass is 10.2. The summed E-state index contributed by atoms with van der Waals surface area (Å²) in [7, 11) is 0. The molecule has 1 aromatic heterocycles. The lowest BCUT2D eigenvalue weighted by Gasteiger charge is -2.23. The molecule has 1 aliphatic heterocycles. The Hall–Kier alpha value is -2.33. The second kappa shape index (κ2) is 7.96. The van der Waals surface area contributed by atoms with Gasteiger partial charge in [0.1, 0.15) is 4.75 Å². The lowest BCUT2D eigenvalue weighted by molar-refractivity contribution is -0.384. The summed E-state index contributed by atoms with van der Waals surface area (Å²) in [6.45, 7) is 5.41.